The molecular weight excluding hydrogens is 289 g/mol. The van der Waals surface area contributed by atoms with Crippen LogP contribution in [0.4, 0.5) is 0 Å². The van der Waals surface area contributed by atoms with E-state index in [1.165, 1.54) is 38.9 Å². The zero-order chi connectivity index (χ0) is 16.0. The molecule has 3 rings (SSSR count). The average molecular weight is 325 g/mol. The lowest BCUT2D eigenvalue weighted by Crippen LogP contribution is -2.14. The highest BCUT2D eigenvalue weighted by Crippen LogP contribution is 2.65. The van der Waals surface area contributed by atoms with Crippen molar-refractivity contribution in [1.82, 2.24) is 14.0 Å². The number of hydrogen-bond acceptors (Lipinski definition) is 3. The first-order chi connectivity index (χ1) is 10.4. The molecule has 0 aromatic rings. The fourth-order valence-electron chi connectivity index (χ4n) is 3.83. The summed E-state index contributed by atoms with van der Waals surface area (Å²) in [6, 6.07) is 2.64. The van der Waals surface area contributed by atoms with Gasteiger partial charge in [-0.2, -0.15) is 0 Å². The molecule has 0 amide bonds. The lowest BCUT2D eigenvalue weighted by Gasteiger charge is -2.24. The van der Waals surface area contributed by atoms with Gasteiger partial charge in [0.2, 0.25) is 0 Å². The molecular formula is C18H36N3P. The third-order valence-corrected chi connectivity index (χ3v) is 7.83. The fraction of sp³-hybridized carbons (Fsp3) is 1.00. The molecule has 0 aliphatic carbocycles. The molecule has 0 spiro atoms. The van der Waals surface area contributed by atoms with Gasteiger partial charge in [-0.3, -0.25) is 14.0 Å². The Bertz CT molecular complexity index is 327. The minimum atomic E-state index is -0.114. The highest BCUT2D eigenvalue weighted by molar-refractivity contribution is 7.51. The normalized spacial score (nSPS) is 41.3. The molecule has 0 aromatic heterocycles. The van der Waals surface area contributed by atoms with E-state index in [9.17, 15) is 0 Å². The van der Waals surface area contributed by atoms with Crippen LogP contribution in [0.3, 0.4) is 0 Å². The van der Waals surface area contributed by atoms with Crippen molar-refractivity contribution < 1.29 is 0 Å². The summed E-state index contributed by atoms with van der Waals surface area (Å²) in [6.07, 6.45) is 4.18. The van der Waals surface area contributed by atoms with Gasteiger partial charge in [-0.25, -0.2) is 0 Å². The second kappa shape index (κ2) is 6.67. The van der Waals surface area contributed by atoms with E-state index >= 15 is 0 Å². The third-order valence-electron chi connectivity index (χ3n) is 4.98. The topological polar surface area (TPSA) is 9.03 Å². The molecule has 3 heterocycles. The van der Waals surface area contributed by atoms with E-state index < -0.39 is 0 Å². The SMILES string of the molecule is CC(C)C[C@H]1CN1P(N1C[C@@H]1CC(C)C)N1C[C@@H]1CC(C)C. The maximum Gasteiger partial charge on any atom is 0.121 e. The van der Waals surface area contributed by atoms with Crippen molar-refractivity contribution in [2.45, 2.75) is 78.9 Å². The van der Waals surface area contributed by atoms with Gasteiger partial charge in [0.1, 0.15) is 8.37 Å². The van der Waals surface area contributed by atoms with E-state index in [0.29, 0.717) is 0 Å². The summed E-state index contributed by atoms with van der Waals surface area (Å²) in [4.78, 5) is 0. The Labute approximate surface area is 139 Å². The summed E-state index contributed by atoms with van der Waals surface area (Å²) in [7, 11) is -0.114. The van der Waals surface area contributed by atoms with Crippen LogP contribution >= 0.6 is 8.37 Å². The molecule has 0 saturated carbocycles. The van der Waals surface area contributed by atoms with E-state index in [-0.39, 0.29) is 8.37 Å². The third kappa shape index (κ3) is 4.23. The van der Waals surface area contributed by atoms with Gasteiger partial charge in [-0.05, 0) is 37.0 Å². The summed E-state index contributed by atoms with van der Waals surface area (Å²) >= 11 is 0. The molecule has 0 N–H and O–H groups in total. The van der Waals surface area contributed by atoms with Crippen LogP contribution < -0.4 is 0 Å². The second-order valence-electron chi connectivity index (χ2n) is 8.98. The molecule has 128 valence electrons. The Morgan fingerprint density at radius 3 is 1.14 bits per heavy atom. The lowest BCUT2D eigenvalue weighted by molar-refractivity contribution is 0.500. The minimum absolute atomic E-state index is 0.114. The average Bonchev–Trinajstić information content (AvgIpc) is 3.22. The molecule has 3 fully saturated rings. The molecule has 6 atom stereocenters. The van der Waals surface area contributed by atoms with Gasteiger partial charge in [0, 0.05) is 37.8 Å². The molecule has 3 unspecified atom stereocenters. The van der Waals surface area contributed by atoms with Gasteiger partial charge < -0.3 is 0 Å². The maximum absolute atomic E-state index is 2.84. The van der Waals surface area contributed by atoms with Crippen molar-refractivity contribution in [2.24, 2.45) is 17.8 Å². The first-order valence-electron chi connectivity index (χ1n) is 9.46. The lowest BCUT2D eigenvalue weighted by atomic mass is 10.1. The summed E-state index contributed by atoms with van der Waals surface area (Å²) in [6.45, 7) is 18.3. The molecule has 3 aliphatic heterocycles. The van der Waals surface area contributed by atoms with Crippen molar-refractivity contribution in [3.05, 3.63) is 0 Å². The number of nitrogens with zero attached hydrogens (tertiary/aromatic N) is 3. The van der Waals surface area contributed by atoms with Crippen molar-refractivity contribution in [2.75, 3.05) is 19.6 Å². The van der Waals surface area contributed by atoms with Crippen molar-refractivity contribution >= 4 is 8.37 Å². The Morgan fingerprint density at radius 1 is 0.636 bits per heavy atom. The minimum Gasteiger partial charge on any atom is -0.251 e. The van der Waals surface area contributed by atoms with Crippen LogP contribution in [0.25, 0.3) is 0 Å². The molecule has 3 nitrogen and oxygen atoms in total. The largest absolute Gasteiger partial charge is 0.251 e. The van der Waals surface area contributed by atoms with E-state index in [2.05, 4.69) is 55.6 Å². The van der Waals surface area contributed by atoms with Crippen molar-refractivity contribution in [1.29, 1.82) is 0 Å². The number of rotatable bonds is 9. The fourth-order valence-corrected chi connectivity index (χ4v) is 6.88. The first kappa shape index (κ1) is 17.1. The van der Waals surface area contributed by atoms with Gasteiger partial charge in [-0.15, -0.1) is 0 Å². The predicted octanol–water partition coefficient (Wildman–Crippen LogP) is 4.40. The molecule has 4 heteroatoms. The Morgan fingerprint density at radius 2 is 0.909 bits per heavy atom. The summed E-state index contributed by atoms with van der Waals surface area (Å²) < 4.78 is 8.53. The van der Waals surface area contributed by atoms with Crippen LogP contribution in [-0.4, -0.2) is 51.8 Å². The van der Waals surface area contributed by atoms with Crippen LogP contribution in [0, 0.1) is 17.8 Å². The highest BCUT2D eigenvalue weighted by Gasteiger charge is 2.57. The van der Waals surface area contributed by atoms with E-state index in [1.54, 1.807) is 0 Å². The molecule has 0 aromatic carbocycles. The Hall–Kier alpha value is 0.310. The zero-order valence-corrected chi connectivity index (χ0v) is 16.4. The van der Waals surface area contributed by atoms with Gasteiger partial charge in [0.05, 0.1) is 0 Å². The van der Waals surface area contributed by atoms with Crippen molar-refractivity contribution in [3.63, 3.8) is 0 Å². The predicted molar refractivity (Wildman–Crippen MR) is 96.8 cm³/mol. The van der Waals surface area contributed by atoms with Gasteiger partial charge in [0.15, 0.2) is 0 Å². The van der Waals surface area contributed by atoms with E-state index in [0.717, 1.165) is 35.9 Å². The van der Waals surface area contributed by atoms with Gasteiger partial charge in [-0.1, -0.05) is 41.5 Å². The Kier molecular flexibility index (Phi) is 5.20. The van der Waals surface area contributed by atoms with E-state index in [4.69, 9.17) is 0 Å². The van der Waals surface area contributed by atoms with Gasteiger partial charge >= 0.3 is 0 Å². The van der Waals surface area contributed by atoms with Crippen LogP contribution in [0.5, 0.6) is 0 Å². The quantitative estimate of drug-likeness (QED) is 0.459. The Balaban J connectivity index is 1.57. The highest BCUT2D eigenvalue weighted by atomic mass is 31.2. The van der Waals surface area contributed by atoms with Crippen LogP contribution in [-0.2, 0) is 0 Å². The van der Waals surface area contributed by atoms with Crippen LogP contribution in [0.15, 0.2) is 0 Å². The maximum atomic E-state index is 2.84. The van der Waals surface area contributed by atoms with Crippen LogP contribution in [0.1, 0.15) is 60.8 Å². The first-order valence-corrected chi connectivity index (χ1v) is 10.7. The van der Waals surface area contributed by atoms with E-state index in [1.807, 2.05) is 0 Å². The number of hydrogen-bond donors (Lipinski definition) is 0. The zero-order valence-electron chi connectivity index (χ0n) is 15.5. The molecule has 0 bridgehead atoms. The monoisotopic (exact) mass is 325 g/mol. The van der Waals surface area contributed by atoms with Crippen LogP contribution in [0.2, 0.25) is 0 Å². The smallest absolute Gasteiger partial charge is 0.121 e. The van der Waals surface area contributed by atoms with Crippen molar-refractivity contribution in [3.8, 4) is 0 Å². The standard InChI is InChI=1S/C18H36N3P/c1-13(2)7-16-10-19(16)22(20-11-17(20)8-14(3)4)21-12-18(21)9-15(5)6/h13-18H,7-12H2,1-6H3/t16-,17-,18-,19?,20?,21?,22?/m0/s1. The summed E-state index contributed by atoms with van der Waals surface area (Å²) in [5.41, 5.74) is 0. The molecule has 0 radical (unpaired) electrons. The second-order valence-corrected chi connectivity index (χ2v) is 11.1. The molecule has 3 saturated heterocycles. The summed E-state index contributed by atoms with van der Waals surface area (Å²) in [5, 5.41) is 0. The van der Waals surface area contributed by atoms with Gasteiger partial charge in [0.25, 0.3) is 0 Å². The molecule has 3 aliphatic rings. The summed E-state index contributed by atoms with van der Waals surface area (Å²) in [5.74, 6) is 2.52. The molecule has 22 heavy (non-hydrogen) atoms.